The monoisotopic (exact) mass is 351 g/mol. The number of rotatable bonds is 6. The quantitative estimate of drug-likeness (QED) is 0.858. The molecular formula is C18H19Cl2NO2. The molecule has 0 heterocycles. The Balaban J connectivity index is 2.13. The van der Waals surface area contributed by atoms with Crippen molar-refractivity contribution >= 4 is 29.1 Å². The van der Waals surface area contributed by atoms with E-state index in [4.69, 9.17) is 23.2 Å². The van der Waals surface area contributed by atoms with Crippen LogP contribution >= 0.6 is 23.2 Å². The van der Waals surface area contributed by atoms with Crippen molar-refractivity contribution in [2.75, 3.05) is 13.2 Å². The predicted molar refractivity (Wildman–Crippen MR) is 93.8 cm³/mol. The summed E-state index contributed by atoms with van der Waals surface area (Å²) in [5, 5.41) is 10.2. The lowest BCUT2D eigenvalue weighted by Gasteiger charge is -2.22. The second kappa shape index (κ2) is 8.34. The van der Waals surface area contributed by atoms with Crippen molar-refractivity contribution < 1.29 is 9.90 Å². The smallest absolute Gasteiger partial charge is 0.227 e. The summed E-state index contributed by atoms with van der Waals surface area (Å²) in [5.41, 5.74) is 2.80. The van der Waals surface area contributed by atoms with Crippen molar-refractivity contribution in [3.05, 3.63) is 69.2 Å². The molecule has 0 aliphatic rings. The molecule has 0 bridgehead atoms. The number of halogens is 2. The highest BCUT2D eigenvalue weighted by molar-refractivity contribution is 6.36. The molecule has 122 valence electrons. The molecule has 23 heavy (non-hydrogen) atoms. The topological polar surface area (TPSA) is 40.5 Å². The summed E-state index contributed by atoms with van der Waals surface area (Å²) in [6.45, 7) is 2.64. The van der Waals surface area contributed by atoms with Crippen molar-refractivity contribution in [3.8, 4) is 0 Å². The minimum Gasteiger partial charge on any atom is -0.395 e. The van der Waals surface area contributed by atoms with Gasteiger partial charge in [-0.05, 0) is 30.2 Å². The molecule has 0 fully saturated rings. The van der Waals surface area contributed by atoms with Crippen LogP contribution in [0.2, 0.25) is 10.0 Å². The first kappa shape index (κ1) is 17.8. The highest BCUT2D eigenvalue weighted by Gasteiger charge is 2.17. The lowest BCUT2D eigenvalue weighted by atomic mass is 10.1. The minimum absolute atomic E-state index is 0.0894. The van der Waals surface area contributed by atoms with Crippen LogP contribution in [0, 0.1) is 6.92 Å². The first-order valence-electron chi connectivity index (χ1n) is 7.38. The van der Waals surface area contributed by atoms with E-state index in [1.807, 2.05) is 31.2 Å². The second-order valence-electron chi connectivity index (χ2n) is 5.40. The molecule has 0 atom stereocenters. The maximum Gasteiger partial charge on any atom is 0.227 e. The summed E-state index contributed by atoms with van der Waals surface area (Å²) >= 11 is 12.3. The van der Waals surface area contributed by atoms with Gasteiger partial charge in [0, 0.05) is 23.1 Å². The first-order chi connectivity index (χ1) is 11.0. The third-order valence-corrected chi connectivity index (χ3v) is 4.31. The lowest BCUT2D eigenvalue weighted by molar-refractivity contribution is -0.131. The molecule has 3 nitrogen and oxygen atoms in total. The Hall–Kier alpha value is -1.55. The van der Waals surface area contributed by atoms with E-state index in [2.05, 4.69) is 0 Å². The Bertz CT molecular complexity index is 651. The summed E-state index contributed by atoms with van der Waals surface area (Å²) in [6.07, 6.45) is 0.115. The highest BCUT2D eigenvalue weighted by Crippen LogP contribution is 2.25. The summed E-state index contributed by atoms with van der Waals surface area (Å²) in [7, 11) is 0. The molecule has 0 aromatic heterocycles. The number of carbonyl (C=O) groups excluding carboxylic acids is 1. The second-order valence-corrected chi connectivity index (χ2v) is 6.22. The summed E-state index contributed by atoms with van der Waals surface area (Å²) < 4.78 is 0. The van der Waals surface area contributed by atoms with Gasteiger partial charge in [0.15, 0.2) is 0 Å². The Kier molecular flexibility index (Phi) is 6.46. The number of carbonyl (C=O) groups is 1. The van der Waals surface area contributed by atoms with Gasteiger partial charge in [0.1, 0.15) is 0 Å². The normalized spacial score (nSPS) is 10.6. The van der Waals surface area contributed by atoms with Gasteiger partial charge in [-0.15, -0.1) is 0 Å². The van der Waals surface area contributed by atoms with Crippen molar-refractivity contribution in [1.82, 2.24) is 4.90 Å². The molecule has 2 rings (SSSR count). The van der Waals surface area contributed by atoms with Gasteiger partial charge < -0.3 is 10.0 Å². The molecule has 5 heteroatoms. The number of aliphatic hydroxyl groups is 1. The van der Waals surface area contributed by atoms with Crippen molar-refractivity contribution in [2.45, 2.75) is 19.9 Å². The third-order valence-electron chi connectivity index (χ3n) is 3.61. The Morgan fingerprint density at radius 1 is 1.09 bits per heavy atom. The number of amides is 1. The maximum absolute atomic E-state index is 12.6. The van der Waals surface area contributed by atoms with Gasteiger partial charge >= 0.3 is 0 Å². The van der Waals surface area contributed by atoms with Crippen LogP contribution in [0.5, 0.6) is 0 Å². The minimum atomic E-state index is -0.116. The van der Waals surface area contributed by atoms with Crippen molar-refractivity contribution in [2.24, 2.45) is 0 Å². The zero-order valence-corrected chi connectivity index (χ0v) is 14.4. The van der Waals surface area contributed by atoms with Crippen LogP contribution in [0.25, 0.3) is 0 Å². The van der Waals surface area contributed by atoms with Crippen molar-refractivity contribution in [1.29, 1.82) is 0 Å². The first-order valence-corrected chi connectivity index (χ1v) is 8.14. The van der Waals surface area contributed by atoms with Crippen LogP contribution in [0.4, 0.5) is 0 Å². The zero-order chi connectivity index (χ0) is 16.8. The fourth-order valence-electron chi connectivity index (χ4n) is 2.29. The molecule has 0 aliphatic carbocycles. The molecule has 0 saturated carbocycles. The highest BCUT2D eigenvalue weighted by atomic mass is 35.5. The molecule has 1 amide bonds. The average Bonchev–Trinajstić information content (AvgIpc) is 2.52. The number of aryl methyl sites for hydroxylation is 1. The summed E-state index contributed by atoms with van der Waals surface area (Å²) in [5.74, 6) is -0.116. The molecule has 0 spiro atoms. The fourth-order valence-corrected chi connectivity index (χ4v) is 2.82. The molecule has 0 unspecified atom stereocenters. The molecule has 0 radical (unpaired) electrons. The summed E-state index contributed by atoms with van der Waals surface area (Å²) in [4.78, 5) is 14.2. The van der Waals surface area contributed by atoms with Crippen LogP contribution in [-0.2, 0) is 17.8 Å². The van der Waals surface area contributed by atoms with E-state index in [-0.39, 0.29) is 25.5 Å². The Labute approximate surface area is 146 Å². The van der Waals surface area contributed by atoms with Crippen LogP contribution in [-0.4, -0.2) is 29.1 Å². The van der Waals surface area contributed by atoms with Crippen LogP contribution < -0.4 is 0 Å². The van der Waals surface area contributed by atoms with E-state index in [9.17, 15) is 9.90 Å². The standard InChI is InChI=1S/C18H19Cl2NO2/c1-13-5-7-14(8-6-13)12-21(9-10-22)18(23)11-15-16(19)3-2-4-17(15)20/h2-8,22H,9-12H2,1H3. The Morgan fingerprint density at radius 2 is 1.70 bits per heavy atom. The van der Waals surface area contributed by atoms with E-state index in [0.29, 0.717) is 22.2 Å². The molecule has 2 aromatic rings. The molecule has 0 saturated heterocycles. The SMILES string of the molecule is Cc1ccc(CN(CCO)C(=O)Cc2c(Cl)cccc2Cl)cc1. The fraction of sp³-hybridized carbons (Fsp3) is 0.278. The van der Waals surface area contributed by atoms with Gasteiger partial charge in [0.05, 0.1) is 13.0 Å². The average molecular weight is 352 g/mol. The van der Waals surface area contributed by atoms with Crippen LogP contribution in [0.15, 0.2) is 42.5 Å². The van der Waals surface area contributed by atoms with Crippen molar-refractivity contribution in [3.63, 3.8) is 0 Å². The predicted octanol–water partition coefficient (Wildman–Crippen LogP) is 3.87. The van der Waals surface area contributed by atoms with E-state index >= 15 is 0 Å². The van der Waals surface area contributed by atoms with E-state index < -0.39 is 0 Å². The van der Waals surface area contributed by atoms with E-state index in [0.717, 1.165) is 11.1 Å². The van der Waals surface area contributed by atoms with Gasteiger partial charge in [0.25, 0.3) is 0 Å². The third kappa shape index (κ3) is 4.96. The Morgan fingerprint density at radius 3 is 2.26 bits per heavy atom. The number of benzene rings is 2. The van der Waals surface area contributed by atoms with Gasteiger partial charge in [-0.3, -0.25) is 4.79 Å². The van der Waals surface area contributed by atoms with Gasteiger partial charge in [-0.25, -0.2) is 0 Å². The lowest BCUT2D eigenvalue weighted by Crippen LogP contribution is -2.34. The van der Waals surface area contributed by atoms with Crippen LogP contribution in [0.1, 0.15) is 16.7 Å². The maximum atomic E-state index is 12.6. The van der Waals surface area contributed by atoms with Crippen LogP contribution in [0.3, 0.4) is 0 Å². The van der Waals surface area contributed by atoms with E-state index in [1.165, 1.54) is 0 Å². The molecule has 0 aliphatic heterocycles. The zero-order valence-electron chi connectivity index (χ0n) is 12.9. The van der Waals surface area contributed by atoms with Gasteiger partial charge in [0.2, 0.25) is 5.91 Å². The van der Waals surface area contributed by atoms with E-state index in [1.54, 1.807) is 23.1 Å². The summed E-state index contributed by atoms with van der Waals surface area (Å²) in [6, 6.07) is 13.1. The number of nitrogens with zero attached hydrogens (tertiary/aromatic N) is 1. The molecule has 1 N–H and O–H groups in total. The molecule has 2 aromatic carbocycles. The number of hydrogen-bond donors (Lipinski definition) is 1. The number of hydrogen-bond acceptors (Lipinski definition) is 2. The number of aliphatic hydroxyl groups excluding tert-OH is 1. The van der Waals surface area contributed by atoms with Gasteiger partial charge in [-0.1, -0.05) is 59.1 Å². The largest absolute Gasteiger partial charge is 0.395 e. The molecular weight excluding hydrogens is 333 g/mol. The van der Waals surface area contributed by atoms with Gasteiger partial charge in [-0.2, -0.15) is 0 Å².